The van der Waals surface area contributed by atoms with Gasteiger partial charge < -0.3 is 39.9 Å². The van der Waals surface area contributed by atoms with Crippen LogP contribution in [0.4, 0.5) is 9.59 Å². The summed E-state index contributed by atoms with van der Waals surface area (Å²) in [5.74, 6) is 0.867. The van der Waals surface area contributed by atoms with E-state index in [1.165, 1.54) is 27.1 Å². The van der Waals surface area contributed by atoms with Crippen molar-refractivity contribution in [2.75, 3.05) is 40.4 Å². The molecule has 1 unspecified atom stereocenters. The molecule has 0 aliphatic carbocycles. The summed E-state index contributed by atoms with van der Waals surface area (Å²) >= 11 is 0. The van der Waals surface area contributed by atoms with Crippen molar-refractivity contribution in [1.82, 2.24) is 40.4 Å². The predicted octanol–water partition coefficient (Wildman–Crippen LogP) is 8.87. The molecule has 0 spiro atoms. The normalized spacial score (nSPS) is 10.9. The zero-order valence-corrected chi connectivity index (χ0v) is 36.1. The fraction of sp³-hybridized carbons (Fsp3) is 0.422. The average Bonchev–Trinajstić information content (AvgIpc) is 3.94. The van der Waals surface area contributed by atoms with Crippen LogP contribution in [0.2, 0.25) is 0 Å². The van der Waals surface area contributed by atoms with Gasteiger partial charge in [-0.1, -0.05) is 103 Å². The molecule has 0 aliphatic rings. The highest BCUT2D eigenvalue weighted by Crippen LogP contribution is 2.30. The van der Waals surface area contributed by atoms with E-state index in [1.54, 1.807) is 22.2 Å². The van der Waals surface area contributed by atoms with E-state index in [1.807, 2.05) is 39.0 Å². The SMILES string of the molecule is CCC.CCC.CCCN(Cc1ncc(-c2ccc(-c3ccc4cc(-c5cnc(C(C)N(CCC)C(=O)CNC(=O)OC)[nH]5)ccc4c3)cc2)[nH]1)C(=O)CNC(=O)OC. The molecule has 0 radical (unpaired) electrons. The number of rotatable bonds is 15. The van der Waals surface area contributed by atoms with Gasteiger partial charge in [-0.2, -0.15) is 0 Å². The highest BCUT2D eigenvalue weighted by atomic mass is 16.5. The number of H-pyrrole nitrogens is 2. The van der Waals surface area contributed by atoms with Gasteiger partial charge in [0.05, 0.1) is 50.6 Å². The lowest BCUT2D eigenvalue weighted by atomic mass is 9.98. The highest BCUT2D eigenvalue weighted by Gasteiger charge is 2.24. The molecule has 14 nitrogen and oxygen atoms in total. The van der Waals surface area contributed by atoms with E-state index in [9.17, 15) is 19.2 Å². The largest absolute Gasteiger partial charge is 0.453 e. The first kappa shape index (κ1) is 47.2. The van der Waals surface area contributed by atoms with Crippen LogP contribution in [0, 0.1) is 0 Å². The van der Waals surface area contributed by atoms with Crippen LogP contribution in [0.5, 0.6) is 0 Å². The number of benzene rings is 3. The van der Waals surface area contributed by atoms with Gasteiger partial charge in [0.2, 0.25) is 11.8 Å². The first-order valence-electron chi connectivity index (χ1n) is 20.4. The first-order valence-corrected chi connectivity index (χ1v) is 20.4. The van der Waals surface area contributed by atoms with Crippen molar-refractivity contribution in [3.8, 4) is 33.6 Å². The maximum absolute atomic E-state index is 12.9. The summed E-state index contributed by atoms with van der Waals surface area (Å²) in [5, 5.41) is 7.06. The monoisotopic (exact) mass is 810 g/mol. The lowest BCUT2D eigenvalue weighted by molar-refractivity contribution is -0.132. The van der Waals surface area contributed by atoms with Crippen LogP contribution in [0.3, 0.4) is 0 Å². The summed E-state index contributed by atoms with van der Waals surface area (Å²) in [7, 11) is 2.51. The number of aromatic amines is 2. The summed E-state index contributed by atoms with van der Waals surface area (Å²) in [6, 6.07) is 20.5. The average molecular weight is 811 g/mol. The van der Waals surface area contributed by atoms with Crippen LogP contribution in [-0.4, -0.2) is 94.1 Å². The second kappa shape index (κ2) is 24.6. The Morgan fingerprint density at radius 3 is 1.71 bits per heavy atom. The molecular formula is C45H62N8O6. The number of imidazole rings is 2. The van der Waals surface area contributed by atoms with Crippen LogP contribution in [0.1, 0.15) is 91.8 Å². The number of ether oxygens (including phenoxy) is 2. The van der Waals surface area contributed by atoms with Crippen LogP contribution < -0.4 is 10.6 Å². The minimum Gasteiger partial charge on any atom is -0.453 e. The number of alkyl carbamates (subject to hydrolysis) is 2. The second-order valence-electron chi connectivity index (χ2n) is 14.0. The van der Waals surface area contributed by atoms with E-state index in [-0.39, 0.29) is 30.9 Å². The van der Waals surface area contributed by atoms with Crippen LogP contribution in [0.25, 0.3) is 44.4 Å². The summed E-state index contributed by atoms with van der Waals surface area (Å²) in [5.41, 5.74) is 5.76. The van der Waals surface area contributed by atoms with E-state index in [2.05, 4.69) is 110 Å². The van der Waals surface area contributed by atoms with E-state index in [0.29, 0.717) is 31.3 Å². The number of aromatic nitrogens is 4. The van der Waals surface area contributed by atoms with Gasteiger partial charge in [-0.3, -0.25) is 9.59 Å². The molecule has 4 amide bonds. The van der Waals surface area contributed by atoms with Crippen molar-refractivity contribution in [1.29, 1.82) is 0 Å². The number of amides is 4. The minimum atomic E-state index is -0.652. The Kier molecular flexibility index (Phi) is 19.6. The Balaban J connectivity index is 0.00000146. The molecule has 0 saturated carbocycles. The lowest BCUT2D eigenvalue weighted by Crippen LogP contribution is -2.42. The van der Waals surface area contributed by atoms with Crippen LogP contribution in [0.15, 0.2) is 73.1 Å². The number of hydrogen-bond donors (Lipinski definition) is 4. The number of methoxy groups -OCH3 is 2. The molecule has 4 N–H and O–H groups in total. The van der Waals surface area contributed by atoms with Crippen molar-refractivity contribution in [2.45, 2.75) is 86.7 Å². The number of fused-ring (bicyclic) bond motifs is 1. The maximum atomic E-state index is 12.9. The molecule has 0 saturated heterocycles. The van der Waals surface area contributed by atoms with Gasteiger partial charge in [-0.05, 0) is 59.4 Å². The Hall–Kier alpha value is -6.18. The molecule has 2 heterocycles. The van der Waals surface area contributed by atoms with Gasteiger partial charge in [0, 0.05) is 18.7 Å². The molecule has 59 heavy (non-hydrogen) atoms. The molecule has 1 atom stereocenters. The third kappa shape index (κ3) is 14.0. The van der Waals surface area contributed by atoms with Gasteiger partial charge in [0.25, 0.3) is 0 Å². The first-order chi connectivity index (χ1) is 28.5. The maximum Gasteiger partial charge on any atom is 0.407 e. The van der Waals surface area contributed by atoms with E-state index < -0.39 is 12.2 Å². The highest BCUT2D eigenvalue weighted by molar-refractivity contribution is 5.90. The van der Waals surface area contributed by atoms with Gasteiger partial charge in [-0.25, -0.2) is 19.6 Å². The van der Waals surface area contributed by atoms with Gasteiger partial charge >= 0.3 is 12.2 Å². The zero-order chi connectivity index (χ0) is 43.3. The van der Waals surface area contributed by atoms with Crippen LogP contribution in [-0.2, 0) is 25.6 Å². The standard InChI is InChI=1S/C39H46N8O6.2C3H8/c1-6-16-46(35(48)22-42-38(50)52-4)24-34-40-20-32(44-34)27-10-8-26(9-11-27)28-12-13-30-19-31(15-14-29(30)18-28)33-21-41-37(45-33)25(3)47(17-7-2)36(49)23-43-39(51)53-5;2*1-3-2/h8-15,18-21,25H,6-7,16-17,22-24H2,1-5H3,(H,40,44)(H,41,45)(H,42,50)(H,43,51);2*3H2,1-2H3. The number of nitrogens with one attached hydrogen (secondary N) is 4. The molecule has 5 rings (SSSR count). The molecule has 3 aromatic carbocycles. The summed E-state index contributed by atoms with van der Waals surface area (Å²) < 4.78 is 9.15. The van der Waals surface area contributed by atoms with Gasteiger partial charge in [0.15, 0.2) is 0 Å². The third-order valence-electron chi connectivity index (χ3n) is 8.88. The molecule has 0 bridgehead atoms. The smallest absolute Gasteiger partial charge is 0.407 e. The van der Waals surface area contributed by atoms with E-state index >= 15 is 0 Å². The van der Waals surface area contributed by atoms with Crippen molar-refractivity contribution in [2.24, 2.45) is 0 Å². The topological polar surface area (TPSA) is 175 Å². The van der Waals surface area contributed by atoms with E-state index in [0.717, 1.165) is 57.3 Å². The van der Waals surface area contributed by atoms with Crippen molar-refractivity contribution in [3.63, 3.8) is 0 Å². The van der Waals surface area contributed by atoms with Crippen molar-refractivity contribution < 1.29 is 28.7 Å². The van der Waals surface area contributed by atoms with Gasteiger partial charge in [-0.15, -0.1) is 0 Å². The lowest BCUT2D eigenvalue weighted by Gasteiger charge is -2.27. The Morgan fingerprint density at radius 1 is 0.644 bits per heavy atom. The fourth-order valence-corrected chi connectivity index (χ4v) is 6.04. The second-order valence-corrected chi connectivity index (χ2v) is 14.0. The van der Waals surface area contributed by atoms with Crippen LogP contribution >= 0.6 is 0 Å². The van der Waals surface area contributed by atoms with Crippen molar-refractivity contribution >= 4 is 34.8 Å². The number of nitrogens with zero attached hydrogens (tertiary/aromatic N) is 4. The Labute approximate surface area is 348 Å². The fourth-order valence-electron chi connectivity index (χ4n) is 6.04. The zero-order valence-electron chi connectivity index (χ0n) is 36.1. The molecule has 0 fully saturated rings. The molecule has 2 aromatic heterocycles. The molecule has 318 valence electrons. The third-order valence-corrected chi connectivity index (χ3v) is 8.88. The number of carbonyl (C=O) groups is 4. The predicted molar refractivity (Wildman–Crippen MR) is 233 cm³/mol. The van der Waals surface area contributed by atoms with Gasteiger partial charge in [0.1, 0.15) is 24.7 Å². The Morgan fingerprint density at radius 2 is 1.14 bits per heavy atom. The minimum absolute atomic E-state index is 0.147. The number of carbonyl (C=O) groups excluding carboxylic acids is 4. The van der Waals surface area contributed by atoms with E-state index in [4.69, 9.17) is 0 Å². The molecule has 0 aliphatic heterocycles. The quantitative estimate of drug-likeness (QED) is 0.0811. The summed E-state index contributed by atoms with van der Waals surface area (Å²) in [6.45, 7) is 15.4. The number of hydrogen-bond acceptors (Lipinski definition) is 8. The van der Waals surface area contributed by atoms with Crippen molar-refractivity contribution in [3.05, 3.63) is 84.7 Å². The molecular weight excluding hydrogens is 749 g/mol. The summed E-state index contributed by atoms with van der Waals surface area (Å²) in [6.07, 6.45) is 6.26. The molecule has 14 heteroatoms. The molecule has 5 aromatic rings. The Bertz CT molecular complexity index is 2070. The summed E-state index contributed by atoms with van der Waals surface area (Å²) in [4.78, 5) is 67.6.